The van der Waals surface area contributed by atoms with Crippen molar-refractivity contribution < 1.29 is 4.74 Å². The molecule has 0 aliphatic carbocycles. The molecule has 2 fully saturated rings. The average Bonchev–Trinajstić information content (AvgIpc) is 2.99. The molecular formula is C22H45N5O. The van der Waals surface area contributed by atoms with E-state index in [2.05, 4.69) is 39.3 Å². The molecule has 1 unspecified atom stereocenters. The summed E-state index contributed by atoms with van der Waals surface area (Å²) in [4.78, 5) is 9.69. The van der Waals surface area contributed by atoms with Gasteiger partial charge in [-0.05, 0) is 63.7 Å². The molecule has 2 aliphatic heterocycles. The highest BCUT2D eigenvalue weighted by Crippen LogP contribution is 2.18. The van der Waals surface area contributed by atoms with Crippen LogP contribution in [0.15, 0.2) is 4.99 Å². The van der Waals surface area contributed by atoms with Crippen LogP contribution in [0.25, 0.3) is 0 Å². The van der Waals surface area contributed by atoms with Crippen LogP contribution in [0.1, 0.15) is 52.4 Å². The monoisotopic (exact) mass is 395 g/mol. The van der Waals surface area contributed by atoms with Gasteiger partial charge in [-0.3, -0.25) is 9.89 Å². The maximum Gasteiger partial charge on any atom is 0.191 e. The molecule has 0 spiro atoms. The summed E-state index contributed by atoms with van der Waals surface area (Å²) in [6.07, 6.45) is 8.00. The van der Waals surface area contributed by atoms with E-state index in [1.807, 2.05) is 7.05 Å². The highest BCUT2D eigenvalue weighted by molar-refractivity contribution is 5.79. The van der Waals surface area contributed by atoms with Crippen molar-refractivity contribution >= 4 is 5.96 Å². The molecule has 0 aromatic rings. The van der Waals surface area contributed by atoms with E-state index in [1.54, 1.807) is 7.11 Å². The zero-order valence-corrected chi connectivity index (χ0v) is 18.9. The van der Waals surface area contributed by atoms with E-state index in [1.165, 1.54) is 64.7 Å². The number of piperidine rings is 1. The minimum absolute atomic E-state index is 0.584. The van der Waals surface area contributed by atoms with Crippen LogP contribution in [-0.2, 0) is 4.74 Å². The Hall–Kier alpha value is -0.850. The summed E-state index contributed by atoms with van der Waals surface area (Å²) in [5.41, 5.74) is 0. The molecule has 2 saturated heterocycles. The second-order valence-electron chi connectivity index (χ2n) is 8.87. The summed E-state index contributed by atoms with van der Waals surface area (Å²) in [5.74, 6) is 2.35. The van der Waals surface area contributed by atoms with Gasteiger partial charge in [0.1, 0.15) is 0 Å². The largest absolute Gasteiger partial charge is 0.383 e. The Morgan fingerprint density at radius 2 is 1.71 bits per heavy atom. The first-order chi connectivity index (χ1) is 13.6. The number of ether oxygens (including phenoxy) is 1. The fourth-order valence-corrected chi connectivity index (χ4v) is 4.51. The first kappa shape index (κ1) is 23.4. The smallest absolute Gasteiger partial charge is 0.191 e. The predicted octanol–water partition coefficient (Wildman–Crippen LogP) is 2.41. The van der Waals surface area contributed by atoms with E-state index in [0.717, 1.165) is 38.1 Å². The van der Waals surface area contributed by atoms with Crippen LogP contribution in [0.2, 0.25) is 0 Å². The zero-order valence-electron chi connectivity index (χ0n) is 18.9. The summed E-state index contributed by atoms with van der Waals surface area (Å²) in [6.45, 7) is 13.5. The highest BCUT2D eigenvalue weighted by atomic mass is 16.5. The Morgan fingerprint density at radius 1 is 1.04 bits per heavy atom. The summed E-state index contributed by atoms with van der Waals surface area (Å²) in [5, 5.41) is 7.20. The van der Waals surface area contributed by atoms with Crippen molar-refractivity contribution in [2.75, 3.05) is 66.6 Å². The van der Waals surface area contributed by atoms with Crippen molar-refractivity contribution in [3.8, 4) is 0 Å². The Labute approximate surface area is 173 Å². The van der Waals surface area contributed by atoms with Crippen LogP contribution in [0.4, 0.5) is 0 Å². The SMILES string of the molecule is CN=C(NCC1CCN(CCOC)CC1)NCC(C(C)C)N1CCCCCC1. The molecule has 0 amide bonds. The second-order valence-corrected chi connectivity index (χ2v) is 8.87. The third-order valence-corrected chi connectivity index (χ3v) is 6.46. The molecule has 2 aliphatic rings. The van der Waals surface area contributed by atoms with Crippen molar-refractivity contribution in [2.45, 2.75) is 58.4 Å². The van der Waals surface area contributed by atoms with Crippen LogP contribution in [0.3, 0.4) is 0 Å². The third-order valence-electron chi connectivity index (χ3n) is 6.46. The van der Waals surface area contributed by atoms with Gasteiger partial charge >= 0.3 is 0 Å². The third kappa shape index (κ3) is 8.26. The first-order valence-electron chi connectivity index (χ1n) is 11.5. The second kappa shape index (κ2) is 13.4. The summed E-state index contributed by atoms with van der Waals surface area (Å²) in [6, 6.07) is 0.584. The number of nitrogens with one attached hydrogen (secondary N) is 2. The summed E-state index contributed by atoms with van der Waals surface area (Å²) in [7, 11) is 3.67. The molecule has 1 atom stereocenters. The van der Waals surface area contributed by atoms with E-state index in [0.29, 0.717) is 12.0 Å². The van der Waals surface area contributed by atoms with Gasteiger partial charge in [0.05, 0.1) is 6.61 Å². The van der Waals surface area contributed by atoms with E-state index in [4.69, 9.17) is 4.74 Å². The standard InChI is InChI=1S/C22H45N5O/c1-19(2)21(27-11-7-5-6-8-12-27)18-25-22(23-3)24-17-20-9-13-26(14-10-20)15-16-28-4/h19-21H,5-18H2,1-4H3,(H2,23,24,25). The molecule has 0 saturated carbocycles. The molecular weight excluding hydrogens is 350 g/mol. The van der Waals surface area contributed by atoms with Gasteiger partial charge in [-0.25, -0.2) is 0 Å². The number of hydrogen-bond donors (Lipinski definition) is 2. The fourth-order valence-electron chi connectivity index (χ4n) is 4.51. The van der Waals surface area contributed by atoms with E-state index in [-0.39, 0.29) is 0 Å². The normalized spacial score (nSPS) is 22.2. The highest BCUT2D eigenvalue weighted by Gasteiger charge is 2.23. The van der Waals surface area contributed by atoms with Gasteiger partial charge in [0.25, 0.3) is 0 Å². The van der Waals surface area contributed by atoms with Crippen LogP contribution in [0.5, 0.6) is 0 Å². The van der Waals surface area contributed by atoms with Gasteiger partial charge in [0, 0.05) is 39.8 Å². The maximum atomic E-state index is 5.20. The molecule has 2 heterocycles. The van der Waals surface area contributed by atoms with E-state index < -0.39 is 0 Å². The van der Waals surface area contributed by atoms with Gasteiger partial charge in [0.15, 0.2) is 5.96 Å². The van der Waals surface area contributed by atoms with Crippen molar-refractivity contribution in [3.63, 3.8) is 0 Å². The number of likely N-dealkylation sites (tertiary alicyclic amines) is 2. The lowest BCUT2D eigenvalue weighted by Crippen LogP contribution is -2.50. The van der Waals surface area contributed by atoms with Gasteiger partial charge in [-0.15, -0.1) is 0 Å². The van der Waals surface area contributed by atoms with E-state index >= 15 is 0 Å². The lowest BCUT2D eigenvalue weighted by atomic mass is 9.97. The molecule has 6 heteroatoms. The Bertz CT molecular complexity index is 427. The number of aliphatic imine (C=N–C) groups is 1. The summed E-state index contributed by atoms with van der Waals surface area (Å²) >= 11 is 0. The van der Waals surface area contributed by atoms with Crippen molar-refractivity contribution in [2.24, 2.45) is 16.8 Å². The zero-order chi connectivity index (χ0) is 20.2. The quantitative estimate of drug-likeness (QED) is 0.464. The van der Waals surface area contributed by atoms with E-state index in [9.17, 15) is 0 Å². The topological polar surface area (TPSA) is 52.1 Å². The first-order valence-corrected chi connectivity index (χ1v) is 11.5. The molecule has 6 nitrogen and oxygen atoms in total. The van der Waals surface area contributed by atoms with Crippen LogP contribution in [-0.4, -0.2) is 88.4 Å². The average molecular weight is 396 g/mol. The van der Waals surface area contributed by atoms with Crippen molar-refractivity contribution in [3.05, 3.63) is 0 Å². The van der Waals surface area contributed by atoms with Crippen LogP contribution >= 0.6 is 0 Å². The van der Waals surface area contributed by atoms with Crippen molar-refractivity contribution in [1.29, 1.82) is 0 Å². The molecule has 0 aromatic carbocycles. The van der Waals surface area contributed by atoms with Gasteiger partial charge in [-0.1, -0.05) is 26.7 Å². The number of guanidine groups is 1. The van der Waals surface area contributed by atoms with Gasteiger partial charge in [0.2, 0.25) is 0 Å². The predicted molar refractivity (Wildman–Crippen MR) is 119 cm³/mol. The number of rotatable bonds is 9. The minimum Gasteiger partial charge on any atom is -0.383 e. The van der Waals surface area contributed by atoms with Crippen LogP contribution < -0.4 is 10.6 Å². The lowest BCUT2D eigenvalue weighted by molar-refractivity contribution is 0.120. The Kier molecular flexibility index (Phi) is 11.2. The number of hydrogen-bond acceptors (Lipinski definition) is 4. The molecule has 164 valence electrons. The van der Waals surface area contributed by atoms with Gasteiger partial charge in [-0.2, -0.15) is 0 Å². The molecule has 0 bridgehead atoms. The number of methoxy groups -OCH3 is 1. The fraction of sp³-hybridized carbons (Fsp3) is 0.955. The maximum absolute atomic E-state index is 5.20. The van der Waals surface area contributed by atoms with Crippen molar-refractivity contribution in [1.82, 2.24) is 20.4 Å². The lowest BCUT2D eigenvalue weighted by Gasteiger charge is -2.34. The molecule has 2 N–H and O–H groups in total. The molecule has 0 radical (unpaired) electrons. The number of nitrogens with zero attached hydrogens (tertiary/aromatic N) is 3. The summed E-state index contributed by atoms with van der Waals surface area (Å²) < 4.78 is 5.20. The Balaban J connectivity index is 1.71. The Morgan fingerprint density at radius 3 is 2.29 bits per heavy atom. The van der Waals surface area contributed by atoms with Gasteiger partial charge < -0.3 is 20.3 Å². The molecule has 28 heavy (non-hydrogen) atoms. The molecule has 0 aromatic heterocycles. The molecule has 2 rings (SSSR count). The van der Waals surface area contributed by atoms with Crippen LogP contribution in [0, 0.1) is 11.8 Å². The minimum atomic E-state index is 0.584.